The fourth-order valence-electron chi connectivity index (χ4n) is 1.05. The number of nitrogens with zero attached hydrogens (tertiary/aromatic N) is 2. The number of hydrogen-bond acceptors (Lipinski definition) is 2. The first kappa shape index (κ1) is 7.54. The minimum Gasteiger partial charge on any atom is -0.231 e. The Bertz CT molecular complexity index is 546. The minimum absolute atomic E-state index is 0.0232. The van der Waals surface area contributed by atoms with Crippen LogP contribution in [0, 0.1) is 0 Å². The average Bonchev–Trinajstić information content (AvgIpc) is 2.24. The Hall–Kier alpha value is -0.740. The summed E-state index contributed by atoms with van der Waals surface area (Å²) in [5.74, 6) is 0. The molecule has 2 rings (SSSR count). The molecule has 14 heavy (non-hydrogen) atoms. The zero-order valence-electron chi connectivity index (χ0n) is 8.96. The van der Waals surface area contributed by atoms with Gasteiger partial charge in [-0.3, -0.25) is 0 Å². The molecule has 0 aliphatic carbocycles. The Morgan fingerprint density at radius 3 is 2.79 bits per heavy atom. The van der Waals surface area contributed by atoms with Crippen molar-refractivity contribution < 1.29 is 2.74 Å². The molecular weight excluding hydrogens is 308 g/mol. The third-order valence-corrected chi connectivity index (χ3v) is 2.70. The summed E-state index contributed by atoms with van der Waals surface area (Å²) in [5.41, 5.74) is 1.23. The van der Waals surface area contributed by atoms with E-state index in [-0.39, 0.29) is 12.2 Å². The van der Waals surface area contributed by atoms with Crippen molar-refractivity contribution in [1.82, 2.24) is 9.97 Å². The monoisotopic (exact) mass is 314 g/mol. The van der Waals surface area contributed by atoms with Gasteiger partial charge in [-0.05, 0) is 28.0 Å². The number of benzene rings is 1. The standard InChI is InChI=1S/C10H6Br2N2/c11-8-4-2-1-3-7(8)9-5-6-13-10(12)14-9/h1-6H/i5D,6D. The molecule has 1 aromatic heterocycles. The molecule has 0 saturated heterocycles. The summed E-state index contributed by atoms with van der Waals surface area (Å²) < 4.78 is 16.5. The van der Waals surface area contributed by atoms with Gasteiger partial charge >= 0.3 is 0 Å². The smallest absolute Gasteiger partial charge is 0.197 e. The van der Waals surface area contributed by atoms with E-state index in [9.17, 15) is 0 Å². The lowest BCUT2D eigenvalue weighted by Crippen LogP contribution is -1.87. The molecule has 2 aromatic rings. The first-order valence-corrected chi connectivity index (χ1v) is 5.44. The van der Waals surface area contributed by atoms with E-state index in [2.05, 4.69) is 41.8 Å². The second-order valence-corrected chi connectivity index (χ2v) is 4.12. The quantitative estimate of drug-likeness (QED) is 0.750. The zero-order chi connectivity index (χ0) is 11.7. The SMILES string of the molecule is [2H]c1nc(Br)nc(-c2ccccc2Br)c1[2H]. The maximum Gasteiger partial charge on any atom is 0.197 e. The van der Waals surface area contributed by atoms with Gasteiger partial charge in [-0.2, -0.15) is 0 Å². The molecule has 0 spiro atoms. The van der Waals surface area contributed by atoms with Gasteiger partial charge in [0.1, 0.15) is 0 Å². The summed E-state index contributed by atoms with van der Waals surface area (Å²) in [5, 5.41) is 0. The molecule has 2 nitrogen and oxygen atoms in total. The van der Waals surface area contributed by atoms with Crippen LogP contribution in [0.4, 0.5) is 0 Å². The van der Waals surface area contributed by atoms with Crippen LogP contribution in [0.5, 0.6) is 0 Å². The Labute approximate surface area is 101 Å². The molecule has 0 atom stereocenters. The van der Waals surface area contributed by atoms with Gasteiger partial charge < -0.3 is 0 Å². The van der Waals surface area contributed by atoms with Crippen molar-refractivity contribution in [3.8, 4) is 11.3 Å². The third kappa shape index (κ3) is 2.01. The van der Waals surface area contributed by atoms with E-state index in [0.29, 0.717) is 10.4 Å². The molecule has 4 heteroatoms. The summed E-state index contributed by atoms with van der Waals surface area (Å²) in [6.07, 6.45) is -0.0902. The van der Waals surface area contributed by atoms with Gasteiger partial charge in [0.05, 0.1) is 8.44 Å². The van der Waals surface area contributed by atoms with Crippen LogP contribution in [-0.4, -0.2) is 9.97 Å². The predicted molar refractivity (Wildman–Crippen MR) is 62.9 cm³/mol. The predicted octanol–water partition coefficient (Wildman–Crippen LogP) is 3.67. The Kier molecular flexibility index (Phi) is 2.26. The highest BCUT2D eigenvalue weighted by Gasteiger charge is 2.03. The van der Waals surface area contributed by atoms with E-state index in [1.54, 1.807) is 0 Å². The van der Waals surface area contributed by atoms with Crippen LogP contribution in [0.3, 0.4) is 0 Å². The number of aromatic nitrogens is 2. The second kappa shape index (κ2) is 4.19. The van der Waals surface area contributed by atoms with Gasteiger partial charge in [-0.25, -0.2) is 9.97 Å². The molecule has 0 aliphatic rings. The van der Waals surface area contributed by atoms with Gasteiger partial charge in [0.15, 0.2) is 4.73 Å². The fraction of sp³-hybridized carbons (Fsp3) is 0. The van der Waals surface area contributed by atoms with Crippen molar-refractivity contribution in [2.45, 2.75) is 0 Å². The maximum absolute atomic E-state index is 7.77. The minimum atomic E-state index is -0.0902. The topological polar surface area (TPSA) is 25.8 Å². The highest BCUT2D eigenvalue weighted by molar-refractivity contribution is 9.10. The van der Waals surface area contributed by atoms with Gasteiger partial charge in [0.2, 0.25) is 0 Å². The Morgan fingerprint density at radius 2 is 2.00 bits per heavy atom. The molecule has 1 heterocycles. The van der Waals surface area contributed by atoms with Crippen molar-refractivity contribution in [3.63, 3.8) is 0 Å². The molecule has 0 saturated carbocycles. The molecule has 1 aromatic carbocycles. The van der Waals surface area contributed by atoms with Gasteiger partial charge in [0, 0.05) is 16.2 Å². The first-order valence-electron chi connectivity index (χ1n) is 4.85. The summed E-state index contributed by atoms with van der Waals surface area (Å²) >= 11 is 6.52. The van der Waals surface area contributed by atoms with Crippen molar-refractivity contribution in [2.24, 2.45) is 0 Å². The third-order valence-electron chi connectivity index (χ3n) is 1.66. The number of rotatable bonds is 1. The fourth-order valence-corrected chi connectivity index (χ4v) is 1.79. The van der Waals surface area contributed by atoms with E-state index < -0.39 is 0 Å². The van der Waals surface area contributed by atoms with Crippen LogP contribution in [0.1, 0.15) is 2.74 Å². The van der Waals surface area contributed by atoms with Crippen molar-refractivity contribution in [2.75, 3.05) is 0 Å². The van der Waals surface area contributed by atoms with E-state index in [0.717, 1.165) is 10.0 Å². The average molecular weight is 316 g/mol. The molecule has 0 fully saturated rings. The molecular formula is C10H6Br2N2. The highest BCUT2D eigenvalue weighted by atomic mass is 79.9. The Morgan fingerprint density at radius 1 is 1.21 bits per heavy atom. The van der Waals surface area contributed by atoms with Crippen molar-refractivity contribution in [1.29, 1.82) is 0 Å². The van der Waals surface area contributed by atoms with Crippen LogP contribution in [-0.2, 0) is 0 Å². The summed E-state index contributed by atoms with van der Waals surface area (Å²) in [7, 11) is 0. The lowest BCUT2D eigenvalue weighted by Gasteiger charge is -2.02. The van der Waals surface area contributed by atoms with Crippen molar-refractivity contribution >= 4 is 31.9 Å². The molecule has 0 unspecified atom stereocenters. The lowest BCUT2D eigenvalue weighted by atomic mass is 10.1. The van der Waals surface area contributed by atoms with E-state index >= 15 is 0 Å². The molecule has 70 valence electrons. The zero-order valence-corrected chi connectivity index (χ0v) is 10.1. The van der Waals surface area contributed by atoms with Crippen LogP contribution in [0.25, 0.3) is 11.3 Å². The van der Waals surface area contributed by atoms with Crippen LogP contribution in [0.15, 0.2) is 45.7 Å². The summed E-state index contributed by atoms with van der Waals surface area (Å²) in [6.45, 7) is 0. The maximum atomic E-state index is 7.77. The van der Waals surface area contributed by atoms with Crippen LogP contribution in [0.2, 0.25) is 0 Å². The number of hydrogen-bond donors (Lipinski definition) is 0. The summed E-state index contributed by atoms with van der Waals surface area (Å²) in [4.78, 5) is 7.89. The summed E-state index contributed by atoms with van der Waals surface area (Å²) in [6, 6.07) is 7.48. The van der Waals surface area contributed by atoms with E-state index in [1.807, 2.05) is 24.3 Å². The molecule has 0 N–H and O–H groups in total. The van der Waals surface area contributed by atoms with Crippen molar-refractivity contribution in [3.05, 3.63) is 45.7 Å². The first-order chi connectivity index (χ1) is 7.59. The van der Waals surface area contributed by atoms with Gasteiger partial charge in [-0.1, -0.05) is 34.1 Å². The molecule has 0 aliphatic heterocycles. The van der Waals surface area contributed by atoms with Gasteiger partial charge in [-0.15, -0.1) is 0 Å². The normalized spacial score (nSPS) is 12.1. The molecule has 0 radical (unpaired) electrons. The van der Waals surface area contributed by atoms with Crippen LogP contribution < -0.4 is 0 Å². The lowest BCUT2D eigenvalue weighted by molar-refractivity contribution is 1.11. The Balaban J connectivity index is 2.69. The molecule has 0 amide bonds. The highest BCUT2D eigenvalue weighted by Crippen LogP contribution is 2.26. The van der Waals surface area contributed by atoms with E-state index in [4.69, 9.17) is 2.74 Å². The van der Waals surface area contributed by atoms with Gasteiger partial charge in [0.25, 0.3) is 0 Å². The number of halogens is 2. The molecule has 0 bridgehead atoms. The second-order valence-electron chi connectivity index (χ2n) is 2.56. The largest absolute Gasteiger partial charge is 0.231 e. The van der Waals surface area contributed by atoms with Crippen LogP contribution >= 0.6 is 31.9 Å². The van der Waals surface area contributed by atoms with E-state index in [1.165, 1.54) is 0 Å².